The third-order valence-electron chi connectivity index (χ3n) is 7.89. The molecule has 0 N–H and O–H groups in total. The Bertz CT molecular complexity index is 840. The third-order valence-corrected chi connectivity index (χ3v) is 7.89. The van der Waals surface area contributed by atoms with E-state index in [2.05, 4.69) is 0 Å². The van der Waals surface area contributed by atoms with Crippen molar-refractivity contribution in [1.82, 2.24) is 0 Å². The van der Waals surface area contributed by atoms with Crippen LogP contribution in [0.25, 0.3) is 0 Å². The number of hydrogen-bond acceptors (Lipinski definition) is 4. The summed E-state index contributed by atoms with van der Waals surface area (Å²) in [6.07, 6.45) is 13.1. The van der Waals surface area contributed by atoms with E-state index < -0.39 is 0 Å². The molecule has 34 heavy (non-hydrogen) atoms. The van der Waals surface area contributed by atoms with Gasteiger partial charge in [0.1, 0.15) is 13.2 Å². The lowest BCUT2D eigenvalue weighted by Crippen LogP contribution is -2.44. The Morgan fingerprint density at radius 3 is 1.56 bits per heavy atom. The molecule has 0 aromatic heterocycles. The van der Waals surface area contributed by atoms with E-state index in [1.54, 1.807) is 24.3 Å². The molecule has 0 bridgehead atoms. The standard InChI is InChI=1S/C30H38O4/c31-28(25-15-7-2-8-16-25)33-22-30(27-19-11-4-12-20-27,21-24-13-5-1-6-14-24)23-34-29(32)26-17-9-3-10-18-26/h2-3,7-10,15-18,24,27H,1,4-6,11-14,19-23H2. The molecular formula is C30H38O4. The Labute approximate surface area is 204 Å². The Kier molecular flexibility index (Phi) is 8.79. The van der Waals surface area contributed by atoms with Crippen LogP contribution in [-0.2, 0) is 9.47 Å². The molecule has 0 amide bonds. The topological polar surface area (TPSA) is 52.6 Å². The quantitative estimate of drug-likeness (QED) is 0.369. The maximum absolute atomic E-state index is 12.9. The van der Waals surface area contributed by atoms with E-state index in [-0.39, 0.29) is 17.4 Å². The van der Waals surface area contributed by atoms with Gasteiger partial charge in [-0.25, -0.2) is 9.59 Å². The second kappa shape index (κ2) is 12.2. The SMILES string of the molecule is O=C(OCC(COC(=O)c1ccccc1)(CC1CCCCC1)C1CCCCC1)c1ccccc1. The zero-order valence-corrected chi connectivity index (χ0v) is 20.3. The Morgan fingerprint density at radius 2 is 1.09 bits per heavy atom. The highest BCUT2D eigenvalue weighted by Crippen LogP contribution is 2.46. The maximum Gasteiger partial charge on any atom is 0.338 e. The Hall–Kier alpha value is -2.62. The van der Waals surface area contributed by atoms with Crippen LogP contribution in [0.15, 0.2) is 60.7 Å². The van der Waals surface area contributed by atoms with Crippen LogP contribution in [0.4, 0.5) is 0 Å². The van der Waals surface area contributed by atoms with Crippen LogP contribution < -0.4 is 0 Å². The molecule has 2 aliphatic rings. The average Bonchev–Trinajstić information content (AvgIpc) is 2.92. The van der Waals surface area contributed by atoms with Crippen LogP contribution in [0.1, 0.15) is 91.3 Å². The zero-order valence-electron chi connectivity index (χ0n) is 20.3. The summed E-state index contributed by atoms with van der Waals surface area (Å²) < 4.78 is 12.0. The molecule has 2 fully saturated rings. The van der Waals surface area contributed by atoms with Crippen LogP contribution in [0.2, 0.25) is 0 Å². The Morgan fingerprint density at radius 1 is 0.647 bits per heavy atom. The van der Waals surface area contributed by atoms with Gasteiger partial charge < -0.3 is 9.47 Å². The first-order valence-corrected chi connectivity index (χ1v) is 13.1. The normalized spacial score (nSPS) is 17.8. The van der Waals surface area contributed by atoms with E-state index in [9.17, 15) is 9.59 Å². The number of carbonyl (C=O) groups is 2. The van der Waals surface area contributed by atoms with E-state index in [1.807, 2.05) is 36.4 Å². The van der Waals surface area contributed by atoms with Crippen molar-refractivity contribution in [3.05, 3.63) is 71.8 Å². The lowest BCUT2D eigenvalue weighted by Gasteiger charge is -2.44. The predicted molar refractivity (Wildman–Crippen MR) is 134 cm³/mol. The fourth-order valence-corrected chi connectivity index (χ4v) is 5.98. The lowest BCUT2D eigenvalue weighted by atomic mass is 9.64. The van der Waals surface area contributed by atoms with Crippen LogP contribution in [0.3, 0.4) is 0 Å². The summed E-state index contributed by atoms with van der Waals surface area (Å²) in [6.45, 7) is 0.619. The largest absolute Gasteiger partial charge is 0.461 e. The predicted octanol–water partition coefficient (Wildman–Crippen LogP) is 7.24. The van der Waals surface area contributed by atoms with Crippen LogP contribution in [-0.4, -0.2) is 25.2 Å². The van der Waals surface area contributed by atoms with Gasteiger partial charge in [0.2, 0.25) is 0 Å². The smallest absolute Gasteiger partial charge is 0.338 e. The summed E-state index contributed by atoms with van der Waals surface area (Å²) in [6, 6.07) is 18.4. The lowest BCUT2D eigenvalue weighted by molar-refractivity contribution is -0.0536. The van der Waals surface area contributed by atoms with Gasteiger partial charge in [0, 0.05) is 5.41 Å². The summed E-state index contributed by atoms with van der Waals surface area (Å²) >= 11 is 0. The second-order valence-corrected chi connectivity index (χ2v) is 10.3. The molecular weight excluding hydrogens is 424 g/mol. The molecule has 0 atom stereocenters. The number of hydrogen-bond donors (Lipinski definition) is 0. The van der Waals surface area contributed by atoms with Gasteiger partial charge >= 0.3 is 11.9 Å². The molecule has 0 heterocycles. The number of carbonyl (C=O) groups excluding carboxylic acids is 2. The summed E-state index contributed by atoms with van der Waals surface area (Å²) in [4.78, 5) is 25.8. The van der Waals surface area contributed by atoms with Crippen molar-refractivity contribution in [2.45, 2.75) is 70.6 Å². The van der Waals surface area contributed by atoms with Gasteiger partial charge in [-0.1, -0.05) is 87.8 Å². The summed E-state index contributed by atoms with van der Waals surface area (Å²) in [7, 11) is 0. The average molecular weight is 463 g/mol. The summed E-state index contributed by atoms with van der Waals surface area (Å²) in [5, 5.41) is 0. The van der Waals surface area contributed by atoms with Gasteiger partial charge in [-0.15, -0.1) is 0 Å². The first-order valence-electron chi connectivity index (χ1n) is 13.1. The fourth-order valence-electron chi connectivity index (χ4n) is 5.98. The molecule has 2 aliphatic carbocycles. The number of rotatable bonds is 9. The molecule has 4 heteroatoms. The van der Waals surface area contributed by atoms with Gasteiger partial charge in [-0.3, -0.25) is 0 Å². The van der Waals surface area contributed by atoms with Crippen molar-refractivity contribution in [3.63, 3.8) is 0 Å². The minimum absolute atomic E-state index is 0.293. The van der Waals surface area contributed by atoms with E-state index in [1.165, 1.54) is 51.4 Å². The molecule has 4 nitrogen and oxygen atoms in total. The fraction of sp³-hybridized carbons (Fsp3) is 0.533. The molecule has 0 unspecified atom stereocenters. The second-order valence-electron chi connectivity index (χ2n) is 10.3. The van der Waals surface area contributed by atoms with E-state index in [0.29, 0.717) is 36.2 Å². The summed E-state index contributed by atoms with van der Waals surface area (Å²) in [5.74, 6) is 0.412. The first-order chi connectivity index (χ1) is 16.7. The maximum atomic E-state index is 12.9. The van der Waals surface area contributed by atoms with E-state index >= 15 is 0 Å². The Balaban J connectivity index is 1.56. The highest BCUT2D eigenvalue weighted by atomic mass is 16.5. The minimum Gasteiger partial charge on any atom is -0.461 e. The molecule has 0 spiro atoms. The minimum atomic E-state index is -0.336. The van der Waals surface area contributed by atoms with E-state index in [0.717, 1.165) is 19.3 Å². The monoisotopic (exact) mass is 462 g/mol. The zero-order chi connectivity index (χ0) is 23.6. The first kappa shape index (κ1) is 24.5. The van der Waals surface area contributed by atoms with Crippen LogP contribution >= 0.6 is 0 Å². The molecule has 2 saturated carbocycles. The molecule has 2 aromatic rings. The van der Waals surface area contributed by atoms with Gasteiger partial charge in [0.05, 0.1) is 11.1 Å². The van der Waals surface area contributed by atoms with Crippen LogP contribution in [0, 0.1) is 17.3 Å². The van der Waals surface area contributed by atoms with E-state index in [4.69, 9.17) is 9.47 Å². The highest BCUT2D eigenvalue weighted by Gasteiger charge is 2.43. The van der Waals surface area contributed by atoms with Crippen molar-refractivity contribution in [2.75, 3.05) is 13.2 Å². The van der Waals surface area contributed by atoms with Crippen molar-refractivity contribution in [3.8, 4) is 0 Å². The van der Waals surface area contributed by atoms with Crippen LogP contribution in [0.5, 0.6) is 0 Å². The summed E-state index contributed by atoms with van der Waals surface area (Å²) in [5.41, 5.74) is 0.801. The molecule has 182 valence electrons. The molecule has 0 radical (unpaired) electrons. The number of benzene rings is 2. The number of ether oxygens (including phenoxy) is 2. The van der Waals surface area contributed by atoms with Crippen molar-refractivity contribution in [1.29, 1.82) is 0 Å². The van der Waals surface area contributed by atoms with Crippen molar-refractivity contribution in [2.24, 2.45) is 17.3 Å². The molecule has 2 aromatic carbocycles. The van der Waals surface area contributed by atoms with Crippen molar-refractivity contribution >= 4 is 11.9 Å². The van der Waals surface area contributed by atoms with Gasteiger partial charge in [-0.05, 0) is 55.4 Å². The third kappa shape index (κ3) is 6.49. The van der Waals surface area contributed by atoms with Gasteiger partial charge in [0.15, 0.2) is 0 Å². The molecule has 0 aliphatic heterocycles. The number of esters is 2. The van der Waals surface area contributed by atoms with Crippen molar-refractivity contribution < 1.29 is 19.1 Å². The highest BCUT2D eigenvalue weighted by molar-refractivity contribution is 5.89. The molecule has 0 saturated heterocycles. The van der Waals surface area contributed by atoms with Gasteiger partial charge in [0.25, 0.3) is 0 Å². The van der Waals surface area contributed by atoms with Gasteiger partial charge in [-0.2, -0.15) is 0 Å². The molecule has 4 rings (SSSR count).